The number of esters is 1. The van der Waals surface area contributed by atoms with E-state index >= 15 is 0 Å². The zero-order valence-corrected chi connectivity index (χ0v) is 43.7. The van der Waals surface area contributed by atoms with Gasteiger partial charge in [-0.15, -0.1) is 0 Å². The van der Waals surface area contributed by atoms with Crippen molar-refractivity contribution in [2.45, 2.75) is 328 Å². The maximum atomic E-state index is 12.4. The molecule has 2 atom stereocenters. The van der Waals surface area contributed by atoms with Crippen molar-refractivity contribution in [3.05, 3.63) is 24.3 Å². The lowest BCUT2D eigenvalue weighted by Gasteiger charge is -2.22. The summed E-state index contributed by atoms with van der Waals surface area (Å²) in [4.78, 5) is 24.4. The quantitative estimate of drug-likeness (QED) is 0.0321. The number of aliphatic hydroxyl groups is 2. The molecule has 1 amide bonds. The van der Waals surface area contributed by atoms with Crippen molar-refractivity contribution >= 4 is 11.9 Å². The van der Waals surface area contributed by atoms with E-state index in [1.807, 2.05) is 0 Å². The smallest absolute Gasteiger partial charge is 0.305 e. The Bertz CT molecular complexity index is 1010. The van der Waals surface area contributed by atoms with Gasteiger partial charge in [-0.05, 0) is 57.8 Å². The number of nitrogens with one attached hydrogen (secondary N) is 1. The summed E-state index contributed by atoms with van der Waals surface area (Å²) in [5, 5.41) is 23.1. The zero-order chi connectivity index (χ0) is 47.2. The Hall–Kier alpha value is -1.66. The molecule has 0 aromatic heterocycles. The number of carbonyl (C=O) groups is 2. The van der Waals surface area contributed by atoms with E-state index in [-0.39, 0.29) is 18.5 Å². The molecule has 3 N–H and O–H groups in total. The molecule has 0 saturated heterocycles. The van der Waals surface area contributed by atoms with Crippen LogP contribution in [0.4, 0.5) is 0 Å². The normalized spacial score (nSPS) is 12.7. The Labute approximate surface area is 405 Å². The summed E-state index contributed by atoms with van der Waals surface area (Å²) < 4.78 is 5.48. The summed E-state index contributed by atoms with van der Waals surface area (Å²) in [5.74, 6) is -0.0344. The van der Waals surface area contributed by atoms with Gasteiger partial charge in [-0.1, -0.05) is 269 Å². The number of aliphatic hydroxyl groups excluding tert-OH is 2. The third kappa shape index (κ3) is 51.6. The Morgan fingerprint density at radius 3 is 1.20 bits per heavy atom. The standard InChI is InChI=1S/C59H113NO5/c1-3-5-7-9-11-13-14-15-26-30-33-37-41-45-49-53-59(64)65-54-50-46-42-38-34-31-28-25-23-21-19-17-16-18-20-22-24-27-29-32-36-40-44-48-52-58(63)60-56(55-61)57(62)51-47-43-39-35-12-10-8-6-4-2/h11,13,15,26,56-57,61-62H,3-10,12,14,16-25,27-55H2,1-2H3,(H,60,63)/b13-11-,26-15-. The summed E-state index contributed by atoms with van der Waals surface area (Å²) >= 11 is 0. The fraction of sp³-hybridized carbons (Fsp3) is 0.898. The van der Waals surface area contributed by atoms with Gasteiger partial charge in [0.15, 0.2) is 0 Å². The van der Waals surface area contributed by atoms with Crippen molar-refractivity contribution in [2.24, 2.45) is 0 Å². The second kappa shape index (κ2) is 54.9. The third-order valence-corrected chi connectivity index (χ3v) is 13.5. The highest BCUT2D eigenvalue weighted by atomic mass is 16.5. The molecule has 0 aromatic carbocycles. The first-order valence-corrected chi connectivity index (χ1v) is 29.1. The van der Waals surface area contributed by atoms with Gasteiger partial charge in [-0.3, -0.25) is 9.59 Å². The number of unbranched alkanes of at least 4 members (excludes halogenated alkanes) is 39. The molecule has 0 spiro atoms. The summed E-state index contributed by atoms with van der Waals surface area (Å²) in [6, 6.07) is -0.538. The number of carbonyl (C=O) groups excluding carboxylic acids is 2. The molecule has 0 fully saturated rings. The van der Waals surface area contributed by atoms with Crippen molar-refractivity contribution < 1.29 is 24.5 Å². The lowest BCUT2D eigenvalue weighted by Crippen LogP contribution is -2.45. The van der Waals surface area contributed by atoms with Gasteiger partial charge in [0.05, 0.1) is 25.4 Å². The monoisotopic (exact) mass is 916 g/mol. The van der Waals surface area contributed by atoms with Gasteiger partial charge in [0.25, 0.3) is 0 Å². The van der Waals surface area contributed by atoms with Crippen LogP contribution in [0.25, 0.3) is 0 Å². The lowest BCUT2D eigenvalue weighted by molar-refractivity contribution is -0.143. The van der Waals surface area contributed by atoms with Gasteiger partial charge in [0, 0.05) is 12.8 Å². The maximum absolute atomic E-state index is 12.4. The minimum atomic E-state index is -0.661. The summed E-state index contributed by atoms with van der Waals surface area (Å²) in [6.45, 7) is 4.91. The van der Waals surface area contributed by atoms with Crippen LogP contribution in [0.5, 0.6) is 0 Å². The molecule has 6 heteroatoms. The summed E-state index contributed by atoms with van der Waals surface area (Å²) in [7, 11) is 0. The molecule has 6 nitrogen and oxygen atoms in total. The van der Waals surface area contributed by atoms with E-state index in [9.17, 15) is 19.8 Å². The molecule has 2 unspecified atom stereocenters. The van der Waals surface area contributed by atoms with E-state index in [0.717, 1.165) is 51.4 Å². The van der Waals surface area contributed by atoms with Gasteiger partial charge in [0.1, 0.15) is 0 Å². The van der Waals surface area contributed by atoms with Gasteiger partial charge >= 0.3 is 5.97 Å². The minimum absolute atomic E-state index is 0.00136. The van der Waals surface area contributed by atoms with E-state index in [1.54, 1.807) is 0 Å². The first-order chi connectivity index (χ1) is 32.0. The maximum Gasteiger partial charge on any atom is 0.305 e. The topological polar surface area (TPSA) is 95.9 Å². The van der Waals surface area contributed by atoms with Crippen LogP contribution in [0.1, 0.15) is 316 Å². The number of hydrogen-bond acceptors (Lipinski definition) is 5. The Morgan fingerprint density at radius 1 is 0.431 bits per heavy atom. The van der Waals surface area contributed by atoms with E-state index in [0.29, 0.717) is 25.9 Å². The van der Waals surface area contributed by atoms with Crippen LogP contribution < -0.4 is 5.32 Å². The van der Waals surface area contributed by atoms with Crippen LogP contribution in [0.3, 0.4) is 0 Å². The molecule has 384 valence electrons. The van der Waals surface area contributed by atoms with Gasteiger partial charge in [0.2, 0.25) is 5.91 Å². The van der Waals surface area contributed by atoms with E-state index in [2.05, 4.69) is 43.5 Å². The highest BCUT2D eigenvalue weighted by Crippen LogP contribution is 2.17. The molecule has 0 aliphatic heterocycles. The van der Waals surface area contributed by atoms with Crippen LogP contribution in [-0.4, -0.2) is 47.4 Å². The van der Waals surface area contributed by atoms with Crippen molar-refractivity contribution in [3.63, 3.8) is 0 Å². The number of amides is 1. The van der Waals surface area contributed by atoms with E-state index in [1.165, 1.54) is 231 Å². The molecule has 0 heterocycles. The molecule has 0 rings (SSSR count). The lowest BCUT2D eigenvalue weighted by atomic mass is 10.0. The largest absolute Gasteiger partial charge is 0.466 e. The molecule has 0 bridgehead atoms. The van der Waals surface area contributed by atoms with Crippen molar-refractivity contribution in [3.8, 4) is 0 Å². The fourth-order valence-corrected chi connectivity index (χ4v) is 9.02. The first-order valence-electron chi connectivity index (χ1n) is 29.1. The molecule has 0 aliphatic carbocycles. The molecule has 0 aromatic rings. The van der Waals surface area contributed by atoms with Crippen molar-refractivity contribution in [1.82, 2.24) is 5.32 Å². The third-order valence-electron chi connectivity index (χ3n) is 13.5. The van der Waals surface area contributed by atoms with Crippen molar-refractivity contribution in [1.29, 1.82) is 0 Å². The second-order valence-electron chi connectivity index (χ2n) is 20.0. The predicted molar refractivity (Wildman–Crippen MR) is 283 cm³/mol. The number of rotatable bonds is 54. The molecular weight excluding hydrogens is 803 g/mol. The van der Waals surface area contributed by atoms with Crippen LogP contribution in [0.2, 0.25) is 0 Å². The van der Waals surface area contributed by atoms with Crippen molar-refractivity contribution in [2.75, 3.05) is 13.2 Å². The highest BCUT2D eigenvalue weighted by molar-refractivity contribution is 5.76. The van der Waals surface area contributed by atoms with Crippen LogP contribution in [0.15, 0.2) is 24.3 Å². The molecular formula is C59H113NO5. The van der Waals surface area contributed by atoms with E-state index < -0.39 is 12.1 Å². The number of allylic oxidation sites excluding steroid dienone is 4. The average molecular weight is 917 g/mol. The summed E-state index contributed by atoms with van der Waals surface area (Å²) in [5.41, 5.74) is 0. The predicted octanol–water partition coefficient (Wildman–Crippen LogP) is 17.9. The summed E-state index contributed by atoms with van der Waals surface area (Å²) in [6.07, 6.45) is 66.1. The molecule has 0 saturated carbocycles. The Kier molecular flexibility index (Phi) is 53.5. The van der Waals surface area contributed by atoms with Crippen LogP contribution in [0, 0.1) is 0 Å². The second-order valence-corrected chi connectivity index (χ2v) is 20.0. The van der Waals surface area contributed by atoms with Crippen LogP contribution >= 0.6 is 0 Å². The van der Waals surface area contributed by atoms with Gasteiger partial charge in [-0.2, -0.15) is 0 Å². The van der Waals surface area contributed by atoms with Gasteiger partial charge < -0.3 is 20.3 Å². The first kappa shape index (κ1) is 63.3. The molecule has 65 heavy (non-hydrogen) atoms. The Morgan fingerprint density at radius 2 is 0.769 bits per heavy atom. The number of hydrogen-bond donors (Lipinski definition) is 3. The highest BCUT2D eigenvalue weighted by Gasteiger charge is 2.20. The average Bonchev–Trinajstić information content (AvgIpc) is 3.31. The zero-order valence-electron chi connectivity index (χ0n) is 43.7. The Balaban J connectivity index is 3.34. The fourth-order valence-electron chi connectivity index (χ4n) is 9.02. The number of ether oxygens (including phenoxy) is 1. The van der Waals surface area contributed by atoms with Gasteiger partial charge in [-0.25, -0.2) is 0 Å². The SMILES string of the molecule is CCCCC/C=C\C/C=C\CCCCCCCC(=O)OCCCCCCCCCCCCCCCCCCCCCCCCCCC(=O)NC(CO)C(O)CCCCCCCCCCC. The van der Waals surface area contributed by atoms with Crippen LogP contribution in [-0.2, 0) is 14.3 Å². The molecule has 0 radical (unpaired) electrons. The molecule has 0 aliphatic rings. The van der Waals surface area contributed by atoms with E-state index in [4.69, 9.17) is 4.74 Å². The minimum Gasteiger partial charge on any atom is -0.466 e.